The Bertz CT molecular complexity index is 417. The molecule has 0 saturated heterocycles. The van der Waals surface area contributed by atoms with E-state index in [1.165, 1.54) is 18.4 Å². The smallest absolute Gasteiger partial charge is 0.309 e. The van der Waals surface area contributed by atoms with Crippen LogP contribution in [0.4, 0.5) is 0 Å². The van der Waals surface area contributed by atoms with Crippen molar-refractivity contribution in [1.29, 1.82) is 0 Å². The Morgan fingerprint density at radius 2 is 2.11 bits per heavy atom. The summed E-state index contributed by atoms with van der Waals surface area (Å²) in [5, 5.41) is 16.8. The van der Waals surface area contributed by atoms with Gasteiger partial charge < -0.3 is 20.5 Å². The molecule has 1 aromatic heterocycles. The minimum atomic E-state index is -1.18. The highest BCUT2D eigenvalue weighted by Crippen LogP contribution is 2.24. The highest BCUT2D eigenvalue weighted by atomic mass is 32.1. The second-order valence-corrected chi connectivity index (χ2v) is 5.13. The number of rotatable bonds is 6. The van der Waals surface area contributed by atoms with Crippen molar-refractivity contribution in [3.63, 3.8) is 0 Å². The first-order chi connectivity index (χ1) is 8.97. The summed E-state index contributed by atoms with van der Waals surface area (Å²) < 4.78 is 4.75. The van der Waals surface area contributed by atoms with Crippen molar-refractivity contribution in [3.8, 4) is 0 Å². The first kappa shape index (κ1) is 15.6. The molecule has 0 aliphatic carbocycles. The molecule has 0 radical (unpaired) electrons. The maximum absolute atomic E-state index is 11.5. The van der Waals surface area contributed by atoms with Crippen LogP contribution in [0.5, 0.6) is 0 Å². The molecule has 0 aliphatic rings. The van der Waals surface area contributed by atoms with Crippen LogP contribution in [-0.4, -0.2) is 43.7 Å². The van der Waals surface area contributed by atoms with Crippen LogP contribution in [0.3, 0.4) is 0 Å². The van der Waals surface area contributed by atoms with Gasteiger partial charge in [-0.05, 0) is 18.4 Å². The van der Waals surface area contributed by atoms with Gasteiger partial charge in [-0.25, -0.2) is 0 Å². The van der Waals surface area contributed by atoms with E-state index in [-0.39, 0.29) is 13.1 Å². The summed E-state index contributed by atoms with van der Waals surface area (Å²) in [6.45, 7) is 2.17. The molecule has 6 nitrogen and oxygen atoms in total. The van der Waals surface area contributed by atoms with E-state index in [1.807, 2.05) is 11.4 Å². The number of thiophene rings is 1. The van der Waals surface area contributed by atoms with E-state index in [1.54, 1.807) is 13.0 Å². The van der Waals surface area contributed by atoms with Crippen molar-refractivity contribution in [3.05, 3.63) is 22.4 Å². The minimum Gasteiger partial charge on any atom is -0.383 e. The van der Waals surface area contributed by atoms with E-state index in [9.17, 15) is 14.7 Å². The molecule has 7 heteroatoms. The fraction of sp³-hybridized carbons (Fsp3) is 0.500. The lowest BCUT2D eigenvalue weighted by Crippen LogP contribution is -2.45. The first-order valence-corrected chi connectivity index (χ1v) is 6.66. The lowest BCUT2D eigenvalue weighted by molar-refractivity contribution is -0.139. The van der Waals surface area contributed by atoms with Crippen LogP contribution in [0.1, 0.15) is 11.8 Å². The number of methoxy groups -OCH3 is 1. The molecule has 1 atom stereocenters. The highest BCUT2D eigenvalue weighted by Gasteiger charge is 2.26. The summed E-state index contributed by atoms with van der Waals surface area (Å²) in [4.78, 5) is 23.6. The van der Waals surface area contributed by atoms with E-state index in [0.717, 1.165) is 4.88 Å². The maximum atomic E-state index is 11.5. The average molecular weight is 286 g/mol. The lowest BCUT2D eigenvalue weighted by Gasteiger charge is -2.22. The number of aliphatic hydroxyl groups is 1. The molecule has 106 valence electrons. The van der Waals surface area contributed by atoms with Gasteiger partial charge in [0.05, 0.1) is 13.2 Å². The van der Waals surface area contributed by atoms with E-state index in [4.69, 9.17) is 4.74 Å². The average Bonchev–Trinajstić information content (AvgIpc) is 2.90. The summed E-state index contributed by atoms with van der Waals surface area (Å²) in [7, 11) is 1.50. The minimum absolute atomic E-state index is 0.0238. The fourth-order valence-corrected chi connectivity index (χ4v) is 2.14. The van der Waals surface area contributed by atoms with Crippen molar-refractivity contribution in [2.24, 2.45) is 0 Å². The van der Waals surface area contributed by atoms with Crippen LogP contribution in [-0.2, 0) is 19.9 Å². The van der Waals surface area contributed by atoms with Crippen LogP contribution in [0, 0.1) is 0 Å². The van der Waals surface area contributed by atoms with Gasteiger partial charge >= 0.3 is 11.8 Å². The van der Waals surface area contributed by atoms with E-state index < -0.39 is 17.4 Å². The summed E-state index contributed by atoms with van der Waals surface area (Å²) in [6.07, 6.45) is 0. The van der Waals surface area contributed by atoms with E-state index in [2.05, 4.69) is 10.6 Å². The van der Waals surface area contributed by atoms with Gasteiger partial charge in [0.2, 0.25) is 0 Å². The van der Waals surface area contributed by atoms with Crippen molar-refractivity contribution < 1.29 is 19.4 Å². The van der Waals surface area contributed by atoms with E-state index in [0.29, 0.717) is 6.61 Å². The molecule has 2 amide bonds. The number of carbonyl (C=O) groups excluding carboxylic acids is 2. The zero-order chi connectivity index (χ0) is 14.3. The molecular weight excluding hydrogens is 268 g/mol. The van der Waals surface area contributed by atoms with Gasteiger partial charge in [-0.15, -0.1) is 11.3 Å². The number of nitrogens with one attached hydrogen (secondary N) is 2. The molecule has 1 heterocycles. The molecule has 0 aliphatic heterocycles. The molecule has 1 rings (SSSR count). The van der Waals surface area contributed by atoms with Gasteiger partial charge in [-0.3, -0.25) is 9.59 Å². The first-order valence-electron chi connectivity index (χ1n) is 5.78. The third kappa shape index (κ3) is 4.98. The third-order valence-electron chi connectivity index (χ3n) is 2.44. The SMILES string of the molecule is COCCNC(=O)C(=O)NCC(C)(O)c1cccs1. The number of carbonyl (C=O) groups is 2. The van der Waals surface area contributed by atoms with Gasteiger partial charge in [0, 0.05) is 18.5 Å². The Morgan fingerprint density at radius 1 is 1.42 bits per heavy atom. The summed E-state index contributed by atoms with van der Waals surface area (Å²) >= 11 is 1.39. The Morgan fingerprint density at radius 3 is 2.68 bits per heavy atom. The molecule has 1 unspecified atom stereocenters. The Labute approximate surface area is 115 Å². The van der Waals surface area contributed by atoms with Crippen LogP contribution in [0.2, 0.25) is 0 Å². The maximum Gasteiger partial charge on any atom is 0.309 e. The standard InChI is InChI=1S/C12H18N2O4S/c1-12(17,9-4-3-7-19-9)8-14-11(16)10(15)13-5-6-18-2/h3-4,7,17H,5-6,8H2,1-2H3,(H,13,15)(H,14,16). The third-order valence-corrected chi connectivity index (χ3v) is 3.57. The van der Waals surface area contributed by atoms with Crippen molar-refractivity contribution in [2.45, 2.75) is 12.5 Å². The topological polar surface area (TPSA) is 87.7 Å². The normalized spacial score (nSPS) is 13.6. The van der Waals surface area contributed by atoms with Crippen molar-refractivity contribution in [2.75, 3.05) is 26.8 Å². The Balaban J connectivity index is 2.39. The van der Waals surface area contributed by atoms with Crippen LogP contribution in [0.25, 0.3) is 0 Å². The van der Waals surface area contributed by atoms with Gasteiger partial charge in [0.15, 0.2) is 0 Å². The van der Waals surface area contributed by atoms with Crippen LogP contribution in [0.15, 0.2) is 17.5 Å². The quantitative estimate of drug-likeness (QED) is 0.501. The van der Waals surface area contributed by atoms with Gasteiger partial charge in [-0.2, -0.15) is 0 Å². The number of hydrogen-bond donors (Lipinski definition) is 3. The molecule has 0 saturated carbocycles. The van der Waals surface area contributed by atoms with Crippen LogP contribution >= 0.6 is 11.3 Å². The van der Waals surface area contributed by atoms with Gasteiger partial charge in [0.1, 0.15) is 5.60 Å². The molecule has 0 bridgehead atoms. The monoisotopic (exact) mass is 286 g/mol. The second-order valence-electron chi connectivity index (χ2n) is 4.18. The zero-order valence-electron chi connectivity index (χ0n) is 10.9. The van der Waals surface area contributed by atoms with Crippen LogP contribution < -0.4 is 10.6 Å². The molecule has 0 aromatic carbocycles. The highest BCUT2D eigenvalue weighted by molar-refractivity contribution is 7.10. The van der Waals surface area contributed by atoms with Crippen molar-refractivity contribution in [1.82, 2.24) is 10.6 Å². The Kier molecular flexibility index (Phi) is 5.94. The number of amides is 2. The molecule has 0 spiro atoms. The second kappa shape index (κ2) is 7.22. The summed E-state index contributed by atoms with van der Waals surface area (Å²) in [5.41, 5.74) is -1.18. The predicted molar refractivity (Wildman–Crippen MR) is 71.8 cm³/mol. The predicted octanol–water partition coefficient (Wildman–Crippen LogP) is -0.166. The zero-order valence-corrected chi connectivity index (χ0v) is 11.8. The fourth-order valence-electron chi connectivity index (χ4n) is 1.35. The molecule has 3 N–H and O–H groups in total. The summed E-state index contributed by atoms with van der Waals surface area (Å²) in [6, 6.07) is 3.59. The van der Waals surface area contributed by atoms with Gasteiger partial charge in [-0.1, -0.05) is 6.07 Å². The Hall–Kier alpha value is -1.44. The largest absolute Gasteiger partial charge is 0.383 e. The number of hydrogen-bond acceptors (Lipinski definition) is 5. The van der Waals surface area contributed by atoms with Gasteiger partial charge in [0.25, 0.3) is 0 Å². The summed E-state index contributed by atoms with van der Waals surface area (Å²) in [5.74, 6) is -1.51. The number of ether oxygens (including phenoxy) is 1. The lowest BCUT2D eigenvalue weighted by atomic mass is 10.1. The van der Waals surface area contributed by atoms with E-state index >= 15 is 0 Å². The molecule has 1 aromatic rings. The molecule has 19 heavy (non-hydrogen) atoms. The molecule has 0 fully saturated rings. The van der Waals surface area contributed by atoms with Crippen molar-refractivity contribution >= 4 is 23.2 Å². The molecular formula is C12H18N2O4S.